The van der Waals surface area contributed by atoms with Crippen LogP contribution < -0.4 is 5.32 Å². The molecule has 1 aliphatic heterocycles. The Kier molecular flexibility index (Phi) is 4.89. The van der Waals surface area contributed by atoms with Crippen molar-refractivity contribution < 1.29 is 14.4 Å². The van der Waals surface area contributed by atoms with E-state index in [1.54, 1.807) is 36.7 Å². The summed E-state index contributed by atoms with van der Waals surface area (Å²) in [5, 5.41) is 5.59. The number of likely N-dealkylation sites (N-methyl/N-ethyl adjacent to an activating group) is 1. The van der Waals surface area contributed by atoms with Crippen LogP contribution in [-0.2, 0) is 9.59 Å². The smallest absolute Gasteiger partial charge is 0.325 e. The van der Waals surface area contributed by atoms with Gasteiger partial charge in [-0.05, 0) is 37.1 Å². The van der Waals surface area contributed by atoms with Crippen LogP contribution in [0, 0.1) is 0 Å². The van der Waals surface area contributed by atoms with Crippen molar-refractivity contribution in [3.8, 4) is 10.6 Å². The highest BCUT2D eigenvalue weighted by molar-refractivity contribution is 7.13. The number of amides is 4. The minimum atomic E-state index is -0.759. The van der Waals surface area contributed by atoms with Crippen LogP contribution in [0.4, 0.5) is 10.5 Å². The first-order chi connectivity index (χ1) is 13.5. The molecular weight excluding hydrogens is 376 g/mol. The number of hydrogen-bond acceptors (Lipinski definition) is 5. The third-order valence-corrected chi connectivity index (χ3v) is 6.46. The van der Waals surface area contributed by atoms with Crippen LogP contribution in [0.2, 0.25) is 0 Å². The van der Waals surface area contributed by atoms with Crippen LogP contribution >= 0.6 is 11.3 Å². The second kappa shape index (κ2) is 7.35. The summed E-state index contributed by atoms with van der Waals surface area (Å²) in [7, 11) is 1.67. The van der Waals surface area contributed by atoms with E-state index in [9.17, 15) is 14.4 Å². The monoisotopic (exact) mass is 398 g/mol. The van der Waals surface area contributed by atoms with Crippen molar-refractivity contribution in [2.24, 2.45) is 0 Å². The zero-order valence-corrected chi connectivity index (χ0v) is 16.5. The molecule has 1 N–H and O–H groups in total. The van der Waals surface area contributed by atoms with Crippen LogP contribution in [0.25, 0.3) is 10.6 Å². The van der Waals surface area contributed by atoms with Crippen molar-refractivity contribution in [2.45, 2.75) is 37.6 Å². The molecule has 1 aliphatic carbocycles. The standard InChI is InChI=1S/C20H22N4O3S/c1-23-19(27)24(18(26)20(23)9-3-2-4-10-20)13-16(25)22-15-7-5-14(6-8-15)17-21-11-12-28-17/h5-8,11-12H,2-4,9-10,13H2,1H3,(H,22,25). The van der Waals surface area contributed by atoms with Gasteiger partial charge in [-0.25, -0.2) is 9.78 Å². The molecule has 2 aliphatic rings. The molecule has 0 radical (unpaired) electrons. The summed E-state index contributed by atoms with van der Waals surface area (Å²) < 4.78 is 0. The van der Waals surface area contributed by atoms with Crippen molar-refractivity contribution in [3.05, 3.63) is 35.8 Å². The molecule has 1 aromatic carbocycles. The van der Waals surface area contributed by atoms with E-state index in [2.05, 4.69) is 10.3 Å². The first-order valence-corrected chi connectivity index (χ1v) is 10.3. The van der Waals surface area contributed by atoms with Gasteiger partial charge in [-0.3, -0.25) is 14.5 Å². The highest BCUT2D eigenvalue weighted by atomic mass is 32.1. The molecule has 0 atom stereocenters. The average Bonchev–Trinajstić information content (AvgIpc) is 3.30. The van der Waals surface area contributed by atoms with Gasteiger partial charge in [-0.2, -0.15) is 0 Å². The number of anilines is 1. The summed E-state index contributed by atoms with van der Waals surface area (Å²) in [6.45, 7) is -0.266. The zero-order valence-electron chi connectivity index (χ0n) is 15.7. The quantitative estimate of drug-likeness (QED) is 0.801. The van der Waals surface area contributed by atoms with E-state index in [4.69, 9.17) is 0 Å². The van der Waals surface area contributed by atoms with Gasteiger partial charge >= 0.3 is 6.03 Å². The molecule has 2 heterocycles. The van der Waals surface area contributed by atoms with E-state index in [1.165, 1.54) is 4.90 Å². The normalized spacial score (nSPS) is 18.8. The van der Waals surface area contributed by atoms with E-state index in [1.807, 2.05) is 17.5 Å². The van der Waals surface area contributed by atoms with Crippen LogP contribution in [0.5, 0.6) is 0 Å². The predicted octanol–water partition coefficient (Wildman–Crippen LogP) is 3.35. The molecule has 146 valence electrons. The van der Waals surface area contributed by atoms with Gasteiger partial charge in [0, 0.05) is 29.9 Å². The van der Waals surface area contributed by atoms with Crippen molar-refractivity contribution >= 4 is 34.9 Å². The number of rotatable bonds is 4. The maximum Gasteiger partial charge on any atom is 0.327 e. The van der Waals surface area contributed by atoms with Crippen LogP contribution in [-0.4, -0.2) is 51.8 Å². The lowest BCUT2D eigenvalue weighted by molar-refractivity contribution is -0.136. The van der Waals surface area contributed by atoms with Gasteiger partial charge in [0.2, 0.25) is 5.91 Å². The topological polar surface area (TPSA) is 82.6 Å². The number of urea groups is 1. The number of nitrogens with zero attached hydrogens (tertiary/aromatic N) is 3. The molecule has 2 aromatic rings. The summed E-state index contributed by atoms with van der Waals surface area (Å²) in [4.78, 5) is 44.9. The molecule has 28 heavy (non-hydrogen) atoms. The number of nitrogens with one attached hydrogen (secondary N) is 1. The first kappa shape index (κ1) is 18.6. The lowest BCUT2D eigenvalue weighted by atomic mass is 9.81. The van der Waals surface area contributed by atoms with E-state index in [-0.39, 0.29) is 24.4 Å². The van der Waals surface area contributed by atoms with Gasteiger partial charge in [0.05, 0.1) is 0 Å². The number of thiazole rings is 1. The number of carbonyl (C=O) groups excluding carboxylic acids is 3. The molecule has 7 nitrogen and oxygen atoms in total. The minimum Gasteiger partial charge on any atom is -0.325 e. The molecule has 8 heteroatoms. The largest absolute Gasteiger partial charge is 0.327 e. The summed E-state index contributed by atoms with van der Waals surface area (Å²) in [6.07, 6.45) is 6.02. The van der Waals surface area contributed by atoms with Crippen LogP contribution in [0.15, 0.2) is 35.8 Å². The van der Waals surface area contributed by atoms with Crippen molar-refractivity contribution in [1.82, 2.24) is 14.8 Å². The molecule has 4 amide bonds. The first-order valence-electron chi connectivity index (χ1n) is 9.41. The Morgan fingerprint density at radius 1 is 1.18 bits per heavy atom. The summed E-state index contributed by atoms with van der Waals surface area (Å²) in [6, 6.07) is 6.95. The Labute approximate surface area is 167 Å². The molecule has 1 spiro atoms. The molecule has 2 fully saturated rings. The van der Waals surface area contributed by atoms with Gasteiger partial charge in [-0.15, -0.1) is 11.3 Å². The van der Waals surface area contributed by atoms with Crippen LogP contribution in [0.1, 0.15) is 32.1 Å². The van der Waals surface area contributed by atoms with Gasteiger partial charge in [0.15, 0.2) is 0 Å². The van der Waals surface area contributed by atoms with Gasteiger partial charge in [0.1, 0.15) is 17.1 Å². The number of hydrogen-bond donors (Lipinski definition) is 1. The molecule has 0 unspecified atom stereocenters. The van der Waals surface area contributed by atoms with Gasteiger partial charge in [-0.1, -0.05) is 19.3 Å². The van der Waals surface area contributed by atoms with E-state index in [0.717, 1.165) is 34.7 Å². The SMILES string of the molecule is CN1C(=O)N(CC(=O)Nc2ccc(-c3nccs3)cc2)C(=O)C12CCCCC2. The number of benzene rings is 1. The average molecular weight is 398 g/mol. The lowest BCUT2D eigenvalue weighted by Gasteiger charge is -2.35. The van der Waals surface area contributed by atoms with Crippen molar-refractivity contribution in [3.63, 3.8) is 0 Å². The number of imide groups is 1. The maximum absolute atomic E-state index is 12.9. The van der Waals surface area contributed by atoms with Crippen LogP contribution in [0.3, 0.4) is 0 Å². The second-order valence-electron chi connectivity index (χ2n) is 7.29. The summed E-state index contributed by atoms with van der Waals surface area (Å²) in [5.41, 5.74) is 0.828. The number of aromatic nitrogens is 1. The Hall–Kier alpha value is -2.74. The molecule has 0 bridgehead atoms. The third kappa shape index (κ3) is 3.17. The molecule has 4 rings (SSSR count). The van der Waals surface area contributed by atoms with Gasteiger partial charge < -0.3 is 10.2 Å². The Bertz CT molecular complexity index is 889. The second-order valence-corrected chi connectivity index (χ2v) is 8.18. The lowest BCUT2D eigenvalue weighted by Crippen LogP contribution is -2.49. The zero-order chi connectivity index (χ0) is 19.7. The summed E-state index contributed by atoms with van der Waals surface area (Å²) in [5.74, 6) is -0.626. The van der Waals surface area contributed by atoms with E-state index in [0.29, 0.717) is 18.5 Å². The minimum absolute atomic E-state index is 0.242. The predicted molar refractivity (Wildman–Crippen MR) is 107 cm³/mol. The number of carbonyl (C=O) groups is 3. The Balaban J connectivity index is 1.42. The maximum atomic E-state index is 12.9. The highest BCUT2D eigenvalue weighted by Gasteiger charge is 2.55. The van der Waals surface area contributed by atoms with E-state index >= 15 is 0 Å². The van der Waals surface area contributed by atoms with Crippen molar-refractivity contribution in [1.29, 1.82) is 0 Å². The fraction of sp³-hybridized carbons (Fsp3) is 0.400. The molecular formula is C20H22N4O3S. The molecule has 1 aromatic heterocycles. The molecule has 1 saturated heterocycles. The third-order valence-electron chi connectivity index (χ3n) is 5.63. The highest BCUT2D eigenvalue weighted by Crippen LogP contribution is 2.39. The van der Waals surface area contributed by atoms with Crippen molar-refractivity contribution in [2.75, 3.05) is 18.9 Å². The Morgan fingerprint density at radius 3 is 2.54 bits per heavy atom. The Morgan fingerprint density at radius 2 is 1.89 bits per heavy atom. The molecule has 1 saturated carbocycles. The summed E-state index contributed by atoms with van der Waals surface area (Å²) >= 11 is 1.54. The van der Waals surface area contributed by atoms with E-state index < -0.39 is 5.54 Å². The fourth-order valence-corrected chi connectivity index (χ4v) is 4.72. The van der Waals surface area contributed by atoms with Gasteiger partial charge in [0.25, 0.3) is 5.91 Å². The fourth-order valence-electron chi connectivity index (χ4n) is 4.08.